The van der Waals surface area contributed by atoms with Gasteiger partial charge in [-0.15, -0.1) is 0 Å². The Hall–Kier alpha value is -3.83. The van der Waals surface area contributed by atoms with Gasteiger partial charge in [0, 0.05) is 24.7 Å². The van der Waals surface area contributed by atoms with E-state index < -0.39 is 12.1 Å². The molecule has 0 fully saturated rings. The van der Waals surface area contributed by atoms with Crippen LogP contribution in [-0.2, 0) is 17.9 Å². The molecule has 4 rings (SSSR count). The molecule has 0 bridgehead atoms. The van der Waals surface area contributed by atoms with E-state index in [2.05, 4.69) is 14.7 Å². The molecule has 1 N–H and O–H groups in total. The predicted octanol–water partition coefficient (Wildman–Crippen LogP) is 3.14. The number of alkyl halides is 3. The fraction of sp³-hybridized carbons (Fsp3) is 0.300. The first-order valence-electron chi connectivity index (χ1n) is 9.31. The lowest BCUT2D eigenvalue weighted by Gasteiger charge is -2.28. The molecular weight excluding hydrogens is 433 g/mol. The van der Waals surface area contributed by atoms with E-state index >= 15 is 0 Å². The maximum Gasteiger partial charge on any atom is 0.490 e. The number of benzene rings is 1. The third kappa shape index (κ3) is 5.07. The molecule has 1 aromatic carbocycles. The van der Waals surface area contributed by atoms with E-state index in [1.165, 1.54) is 0 Å². The van der Waals surface area contributed by atoms with Crippen molar-refractivity contribution in [2.75, 3.05) is 13.7 Å². The molecule has 1 aliphatic rings. The Kier molecular flexibility index (Phi) is 6.51. The van der Waals surface area contributed by atoms with Crippen LogP contribution in [0.2, 0.25) is 0 Å². The maximum atomic E-state index is 12.5. The molecule has 3 aromatic rings. The molecule has 1 amide bonds. The zero-order valence-corrected chi connectivity index (χ0v) is 17.1. The van der Waals surface area contributed by atoms with E-state index in [9.17, 15) is 18.0 Å². The monoisotopic (exact) mass is 452 g/mol. The summed E-state index contributed by atoms with van der Waals surface area (Å²) in [5.74, 6) is -0.569. The minimum Gasteiger partial charge on any atom is -0.497 e. The molecule has 0 unspecified atom stereocenters. The van der Waals surface area contributed by atoms with E-state index in [0.717, 1.165) is 22.8 Å². The van der Waals surface area contributed by atoms with E-state index in [4.69, 9.17) is 19.2 Å². The number of aliphatic carboxylic acids is 1. The van der Waals surface area contributed by atoms with E-state index in [-0.39, 0.29) is 5.91 Å². The molecule has 12 heteroatoms. The molecule has 170 valence electrons. The van der Waals surface area contributed by atoms with Gasteiger partial charge < -0.3 is 23.8 Å². The Bertz CT molecular complexity index is 1110. The van der Waals surface area contributed by atoms with Crippen molar-refractivity contribution in [2.24, 2.45) is 0 Å². The van der Waals surface area contributed by atoms with E-state index in [1.54, 1.807) is 25.0 Å². The molecule has 0 atom stereocenters. The summed E-state index contributed by atoms with van der Waals surface area (Å²) in [4.78, 5) is 27.7. The molecule has 0 aliphatic carbocycles. The van der Waals surface area contributed by atoms with Gasteiger partial charge in [0.15, 0.2) is 5.69 Å². The fourth-order valence-corrected chi connectivity index (χ4v) is 3.05. The number of hydrogen-bond acceptors (Lipinski definition) is 6. The first kappa shape index (κ1) is 22.8. The number of fused-ring (bicyclic) bond motifs is 1. The Labute approximate surface area is 180 Å². The summed E-state index contributed by atoms with van der Waals surface area (Å²) in [5.41, 5.74) is 2.46. The van der Waals surface area contributed by atoms with E-state index in [0.29, 0.717) is 31.1 Å². The van der Waals surface area contributed by atoms with Crippen LogP contribution in [0.15, 0.2) is 41.1 Å². The van der Waals surface area contributed by atoms with Gasteiger partial charge in [0.1, 0.15) is 17.3 Å². The van der Waals surface area contributed by atoms with Crippen LogP contribution in [0.1, 0.15) is 22.1 Å². The third-order valence-electron chi connectivity index (χ3n) is 4.63. The lowest BCUT2D eigenvalue weighted by Crippen LogP contribution is -2.38. The number of carbonyl (C=O) groups is 2. The van der Waals surface area contributed by atoms with Crippen molar-refractivity contribution in [3.8, 4) is 17.0 Å². The van der Waals surface area contributed by atoms with Crippen molar-refractivity contribution in [1.82, 2.24) is 19.6 Å². The number of imidazole rings is 1. The van der Waals surface area contributed by atoms with Crippen molar-refractivity contribution in [1.29, 1.82) is 0 Å². The molecule has 32 heavy (non-hydrogen) atoms. The standard InChI is InChI=1S/C18H18N4O3.C2HF3O2/c1-12-9-15(20-25-12)18(23)21-7-8-22-16(10-19-17(22)11-21)13-3-5-14(24-2)6-4-13;3-2(4,5)1(6)7/h3-6,9-10H,7-8,11H2,1-2H3;(H,6,7). The lowest BCUT2D eigenvalue weighted by molar-refractivity contribution is -0.192. The Balaban J connectivity index is 0.000000360. The molecule has 3 heterocycles. The summed E-state index contributed by atoms with van der Waals surface area (Å²) >= 11 is 0. The summed E-state index contributed by atoms with van der Waals surface area (Å²) in [6, 6.07) is 9.55. The zero-order chi connectivity index (χ0) is 23.5. The topological polar surface area (TPSA) is 111 Å². The van der Waals surface area contributed by atoms with Gasteiger partial charge in [-0.2, -0.15) is 13.2 Å². The smallest absolute Gasteiger partial charge is 0.490 e. The summed E-state index contributed by atoms with van der Waals surface area (Å²) in [6.45, 7) is 3.53. The molecule has 0 saturated heterocycles. The van der Waals surface area contributed by atoms with Gasteiger partial charge in [-0.25, -0.2) is 9.78 Å². The highest BCUT2D eigenvalue weighted by Crippen LogP contribution is 2.26. The molecule has 0 spiro atoms. The number of carboxylic acids is 1. The molecule has 0 saturated carbocycles. The van der Waals surface area contributed by atoms with Crippen LogP contribution in [0.4, 0.5) is 13.2 Å². The minimum absolute atomic E-state index is 0.128. The van der Waals surface area contributed by atoms with E-state index in [1.807, 2.05) is 30.5 Å². The Morgan fingerprint density at radius 1 is 1.19 bits per heavy atom. The van der Waals surface area contributed by atoms with Crippen molar-refractivity contribution < 1.29 is 37.1 Å². The average Bonchev–Trinajstić information content (AvgIpc) is 3.39. The first-order chi connectivity index (χ1) is 15.1. The highest BCUT2D eigenvalue weighted by Gasteiger charge is 2.38. The number of nitrogens with zero attached hydrogens (tertiary/aromatic N) is 4. The summed E-state index contributed by atoms with van der Waals surface area (Å²) in [5, 5.41) is 10.9. The number of aryl methyl sites for hydroxylation is 1. The van der Waals surface area contributed by atoms with Gasteiger partial charge in [-0.1, -0.05) is 5.16 Å². The predicted molar refractivity (Wildman–Crippen MR) is 104 cm³/mol. The average molecular weight is 452 g/mol. The third-order valence-corrected chi connectivity index (χ3v) is 4.63. The van der Waals surface area contributed by atoms with Gasteiger partial charge in [0.25, 0.3) is 5.91 Å². The van der Waals surface area contributed by atoms with Crippen molar-refractivity contribution >= 4 is 11.9 Å². The molecular formula is C20H19F3N4O5. The molecule has 1 aliphatic heterocycles. The summed E-state index contributed by atoms with van der Waals surface area (Å²) in [7, 11) is 1.65. The molecule has 0 radical (unpaired) electrons. The first-order valence-corrected chi connectivity index (χ1v) is 9.31. The highest BCUT2D eigenvalue weighted by atomic mass is 19.4. The quantitative estimate of drug-likeness (QED) is 0.650. The van der Waals surface area contributed by atoms with Gasteiger partial charge in [-0.05, 0) is 31.2 Å². The molecule has 2 aromatic heterocycles. The second-order valence-corrected chi connectivity index (χ2v) is 6.79. The highest BCUT2D eigenvalue weighted by molar-refractivity contribution is 5.92. The lowest BCUT2D eigenvalue weighted by atomic mass is 10.1. The maximum absolute atomic E-state index is 12.5. The number of carbonyl (C=O) groups excluding carboxylic acids is 1. The number of ether oxygens (including phenoxy) is 1. The van der Waals surface area contributed by atoms with Crippen LogP contribution < -0.4 is 4.74 Å². The fourth-order valence-electron chi connectivity index (χ4n) is 3.05. The number of aromatic nitrogens is 3. The number of carboxylic acid groups (broad SMARTS) is 1. The number of methoxy groups -OCH3 is 1. The minimum atomic E-state index is -5.08. The molecule has 9 nitrogen and oxygen atoms in total. The van der Waals surface area contributed by atoms with Crippen LogP contribution in [0, 0.1) is 6.92 Å². The van der Waals surface area contributed by atoms with Crippen molar-refractivity contribution in [2.45, 2.75) is 26.2 Å². The van der Waals surface area contributed by atoms with Gasteiger partial charge >= 0.3 is 12.1 Å². The SMILES string of the molecule is COc1ccc(-c2cnc3n2CCN(C(=O)c2cc(C)on2)C3)cc1.O=C(O)C(F)(F)F. The van der Waals surface area contributed by atoms with Gasteiger partial charge in [-0.3, -0.25) is 4.79 Å². The number of amides is 1. The number of rotatable bonds is 3. The van der Waals surface area contributed by atoms with Gasteiger partial charge in [0.05, 0.1) is 25.5 Å². The largest absolute Gasteiger partial charge is 0.497 e. The van der Waals surface area contributed by atoms with Crippen LogP contribution in [0.25, 0.3) is 11.3 Å². The van der Waals surface area contributed by atoms with Crippen molar-refractivity contribution in [3.63, 3.8) is 0 Å². The Morgan fingerprint density at radius 2 is 1.84 bits per heavy atom. The normalized spacial score (nSPS) is 13.1. The Morgan fingerprint density at radius 3 is 2.38 bits per heavy atom. The second-order valence-electron chi connectivity index (χ2n) is 6.79. The van der Waals surface area contributed by atoms with Crippen LogP contribution in [0.5, 0.6) is 5.75 Å². The number of hydrogen-bond donors (Lipinski definition) is 1. The zero-order valence-electron chi connectivity index (χ0n) is 17.1. The van der Waals surface area contributed by atoms with Crippen LogP contribution in [0.3, 0.4) is 0 Å². The summed E-state index contributed by atoms with van der Waals surface area (Å²) in [6.07, 6.45) is -3.23. The van der Waals surface area contributed by atoms with Crippen LogP contribution >= 0.6 is 0 Å². The van der Waals surface area contributed by atoms with Crippen molar-refractivity contribution in [3.05, 3.63) is 53.8 Å². The van der Waals surface area contributed by atoms with Crippen LogP contribution in [-0.4, -0.2) is 56.4 Å². The van der Waals surface area contributed by atoms with Gasteiger partial charge in [0.2, 0.25) is 0 Å². The second kappa shape index (κ2) is 9.12. The number of halogens is 3. The summed E-state index contributed by atoms with van der Waals surface area (Å²) < 4.78 is 44.1.